The van der Waals surface area contributed by atoms with Crippen LogP contribution < -0.4 is 5.73 Å². The van der Waals surface area contributed by atoms with Crippen LogP contribution in [0.3, 0.4) is 0 Å². The smallest absolute Gasteiger partial charge is 0.254 e. The third-order valence-electron chi connectivity index (χ3n) is 5.86. The maximum absolute atomic E-state index is 12.7. The van der Waals surface area contributed by atoms with Gasteiger partial charge in [0.25, 0.3) is 5.91 Å². The number of halogens is 1. The van der Waals surface area contributed by atoms with Gasteiger partial charge in [-0.15, -0.1) is 0 Å². The molecule has 0 unspecified atom stereocenters. The number of carbonyl (C=O) groups is 1. The fraction of sp³-hybridized carbons (Fsp3) is 0.261. The number of ether oxygens (including phenoxy) is 1. The molecule has 1 aliphatic heterocycles. The number of fused-ring (bicyclic) bond motifs is 1. The Morgan fingerprint density at radius 3 is 2.62 bits per heavy atom. The number of aryl methyl sites for hydroxylation is 1. The number of morpholine rings is 1. The Balaban J connectivity index is 1.48. The van der Waals surface area contributed by atoms with Crippen LogP contribution in [0.25, 0.3) is 28.2 Å². The van der Waals surface area contributed by atoms with Crippen LogP contribution in [0.2, 0.25) is 0 Å². The summed E-state index contributed by atoms with van der Waals surface area (Å²) in [5.74, 6) is 0.760. The third kappa shape index (κ3) is 3.47. The summed E-state index contributed by atoms with van der Waals surface area (Å²) >= 11 is 3.41. The predicted octanol–water partition coefficient (Wildman–Crippen LogP) is 3.85. The van der Waals surface area contributed by atoms with E-state index in [0.29, 0.717) is 48.7 Å². The molecule has 1 aliphatic rings. The number of imidazole rings is 1. The number of rotatable bonds is 3. The maximum atomic E-state index is 12.7. The second kappa shape index (κ2) is 8.07. The van der Waals surface area contributed by atoms with Gasteiger partial charge in [-0.1, -0.05) is 0 Å². The Morgan fingerprint density at radius 1 is 1.19 bits per heavy atom. The first-order valence-corrected chi connectivity index (χ1v) is 11.2. The van der Waals surface area contributed by atoms with Crippen molar-refractivity contribution in [2.75, 3.05) is 32.0 Å². The molecule has 32 heavy (non-hydrogen) atoms. The van der Waals surface area contributed by atoms with Crippen LogP contribution in [0, 0.1) is 13.8 Å². The van der Waals surface area contributed by atoms with Gasteiger partial charge in [0.15, 0.2) is 5.65 Å². The average molecular weight is 495 g/mol. The summed E-state index contributed by atoms with van der Waals surface area (Å²) in [5, 5.41) is 0. The van der Waals surface area contributed by atoms with Gasteiger partial charge in [0.05, 0.1) is 23.4 Å². The van der Waals surface area contributed by atoms with Gasteiger partial charge in [-0.25, -0.2) is 9.97 Å². The molecule has 8 nitrogen and oxygen atoms in total. The lowest BCUT2D eigenvalue weighted by molar-refractivity contribution is 0.0303. The Hall–Kier alpha value is -3.17. The number of aromatic amines is 1. The minimum absolute atomic E-state index is 0.0417. The van der Waals surface area contributed by atoms with Gasteiger partial charge >= 0.3 is 0 Å². The van der Waals surface area contributed by atoms with Crippen LogP contribution in [0.4, 0.5) is 5.69 Å². The van der Waals surface area contributed by atoms with Crippen molar-refractivity contribution < 1.29 is 9.53 Å². The number of nitrogens with two attached hydrogens (primary N) is 1. The molecule has 164 valence electrons. The number of H-pyrrole nitrogens is 1. The van der Waals surface area contributed by atoms with E-state index in [9.17, 15) is 4.79 Å². The highest BCUT2D eigenvalue weighted by molar-refractivity contribution is 9.10. The molecular formula is C23H23BrN6O2. The number of aromatic nitrogens is 4. The Morgan fingerprint density at radius 2 is 1.91 bits per heavy atom. The zero-order valence-electron chi connectivity index (χ0n) is 17.9. The lowest BCUT2D eigenvalue weighted by Gasteiger charge is -2.27. The molecule has 0 bridgehead atoms. The number of nitrogens with zero attached hydrogens (tertiary/aromatic N) is 4. The Labute approximate surface area is 193 Å². The summed E-state index contributed by atoms with van der Waals surface area (Å²) in [6.07, 6.45) is 1.67. The van der Waals surface area contributed by atoms with E-state index >= 15 is 0 Å². The van der Waals surface area contributed by atoms with Crippen molar-refractivity contribution in [3.8, 4) is 17.1 Å². The molecule has 1 aromatic carbocycles. The number of anilines is 1. The molecule has 9 heteroatoms. The molecule has 3 aromatic heterocycles. The zero-order valence-corrected chi connectivity index (χ0v) is 19.4. The van der Waals surface area contributed by atoms with Crippen LogP contribution in [0.15, 0.2) is 41.0 Å². The molecule has 3 N–H and O–H groups in total. The van der Waals surface area contributed by atoms with Crippen molar-refractivity contribution in [2.45, 2.75) is 13.8 Å². The molecular weight excluding hydrogens is 472 g/mol. The quantitative estimate of drug-likeness (QED) is 0.450. The van der Waals surface area contributed by atoms with Crippen LogP contribution in [-0.4, -0.2) is 56.6 Å². The largest absolute Gasteiger partial charge is 0.396 e. The molecule has 0 spiro atoms. The van der Waals surface area contributed by atoms with E-state index in [1.807, 2.05) is 29.2 Å². The summed E-state index contributed by atoms with van der Waals surface area (Å²) in [7, 11) is 0. The number of amides is 1. The van der Waals surface area contributed by atoms with Crippen molar-refractivity contribution in [3.05, 3.63) is 58.0 Å². The van der Waals surface area contributed by atoms with Gasteiger partial charge in [0, 0.05) is 47.5 Å². The summed E-state index contributed by atoms with van der Waals surface area (Å²) in [6.45, 7) is 6.55. The molecule has 0 saturated carbocycles. The first-order chi connectivity index (χ1) is 15.4. The number of carbonyl (C=O) groups excluding carboxylic acids is 1. The van der Waals surface area contributed by atoms with Gasteiger partial charge in [-0.05, 0) is 60.1 Å². The van der Waals surface area contributed by atoms with Crippen molar-refractivity contribution in [1.29, 1.82) is 0 Å². The fourth-order valence-corrected chi connectivity index (χ4v) is 4.47. The average Bonchev–Trinajstić information content (AvgIpc) is 3.37. The Kier molecular flexibility index (Phi) is 5.22. The molecule has 0 aliphatic carbocycles. The van der Waals surface area contributed by atoms with Gasteiger partial charge in [-0.3, -0.25) is 4.79 Å². The van der Waals surface area contributed by atoms with Crippen molar-refractivity contribution in [2.24, 2.45) is 0 Å². The van der Waals surface area contributed by atoms with Crippen LogP contribution in [0.1, 0.15) is 21.7 Å². The fourth-order valence-electron chi connectivity index (χ4n) is 4.18. The number of nitrogens with one attached hydrogen (secondary N) is 1. The second-order valence-electron chi connectivity index (χ2n) is 7.87. The third-order valence-corrected chi connectivity index (χ3v) is 6.49. The number of nitrogen functional groups attached to an aromatic ring is 1. The monoisotopic (exact) mass is 494 g/mol. The topological polar surface area (TPSA) is 102 Å². The molecule has 4 aromatic rings. The second-order valence-corrected chi connectivity index (χ2v) is 8.73. The SMILES string of the molecule is Cc1cc(-c2nc3c(N)c(Br)cnc3[nH]2)c(C)n1-c1ccc(C(=O)N2CCOCC2)cc1. The molecule has 4 heterocycles. The number of benzene rings is 1. The molecule has 1 saturated heterocycles. The van der Waals surface area contributed by atoms with Crippen molar-refractivity contribution >= 4 is 38.7 Å². The van der Waals surface area contributed by atoms with E-state index in [0.717, 1.165) is 32.9 Å². The van der Waals surface area contributed by atoms with Crippen LogP contribution >= 0.6 is 15.9 Å². The lowest BCUT2D eigenvalue weighted by atomic mass is 10.1. The number of hydrogen-bond acceptors (Lipinski definition) is 5. The first-order valence-electron chi connectivity index (χ1n) is 10.4. The predicted molar refractivity (Wildman–Crippen MR) is 127 cm³/mol. The van der Waals surface area contributed by atoms with Crippen LogP contribution in [0.5, 0.6) is 0 Å². The van der Waals surface area contributed by atoms with Gasteiger partial charge in [-0.2, -0.15) is 0 Å². The molecule has 5 rings (SSSR count). The highest BCUT2D eigenvalue weighted by Gasteiger charge is 2.20. The molecule has 0 atom stereocenters. The van der Waals surface area contributed by atoms with E-state index in [1.165, 1.54) is 0 Å². The Bertz CT molecular complexity index is 1320. The molecule has 0 radical (unpaired) electrons. The van der Waals surface area contributed by atoms with Crippen molar-refractivity contribution in [1.82, 2.24) is 24.4 Å². The highest BCUT2D eigenvalue weighted by Crippen LogP contribution is 2.32. The van der Waals surface area contributed by atoms with Crippen molar-refractivity contribution in [3.63, 3.8) is 0 Å². The van der Waals surface area contributed by atoms with E-state index in [4.69, 9.17) is 15.5 Å². The van der Waals surface area contributed by atoms with E-state index in [1.54, 1.807) is 6.20 Å². The highest BCUT2D eigenvalue weighted by atomic mass is 79.9. The van der Waals surface area contributed by atoms with E-state index < -0.39 is 0 Å². The van der Waals surface area contributed by atoms with Gasteiger partial charge in [0.1, 0.15) is 11.3 Å². The molecule has 1 amide bonds. The summed E-state index contributed by atoms with van der Waals surface area (Å²) in [4.78, 5) is 26.9. The molecule has 1 fully saturated rings. The van der Waals surface area contributed by atoms with E-state index in [-0.39, 0.29) is 5.91 Å². The van der Waals surface area contributed by atoms with Gasteiger partial charge < -0.3 is 24.9 Å². The summed E-state index contributed by atoms with van der Waals surface area (Å²) < 4.78 is 8.21. The standard InChI is InChI=1S/C23H23BrN6O2/c1-13-11-17(21-27-20-19(25)18(24)12-26-22(20)28-21)14(2)30(13)16-5-3-15(4-6-16)23(31)29-7-9-32-10-8-29/h3-6,11-12H,7-10H2,1-2H3,(H3,25,26,27,28). The summed E-state index contributed by atoms with van der Waals surface area (Å²) in [6, 6.07) is 9.81. The minimum Gasteiger partial charge on any atom is -0.396 e. The van der Waals surface area contributed by atoms with E-state index in [2.05, 4.69) is 50.4 Å². The normalized spacial score (nSPS) is 14.3. The minimum atomic E-state index is 0.0417. The number of hydrogen-bond donors (Lipinski definition) is 2. The first kappa shape index (κ1) is 20.7. The summed E-state index contributed by atoms with van der Waals surface area (Å²) in [5.41, 5.74) is 12.8. The lowest BCUT2D eigenvalue weighted by Crippen LogP contribution is -2.40. The van der Waals surface area contributed by atoms with Crippen LogP contribution in [-0.2, 0) is 4.74 Å². The maximum Gasteiger partial charge on any atom is 0.254 e. The zero-order chi connectivity index (χ0) is 22.4. The number of pyridine rings is 1. The van der Waals surface area contributed by atoms with Gasteiger partial charge in [0.2, 0.25) is 0 Å².